The second-order valence-corrected chi connectivity index (χ2v) is 6.29. The largest absolute Gasteiger partial charge is 0.320 e. The van der Waals surface area contributed by atoms with E-state index in [0.29, 0.717) is 18.2 Å². The van der Waals surface area contributed by atoms with Crippen molar-refractivity contribution in [3.63, 3.8) is 0 Å². The second-order valence-electron chi connectivity index (χ2n) is 6.29. The quantitative estimate of drug-likeness (QED) is 0.689. The number of hydrogen-bond acceptors (Lipinski definition) is 4. The van der Waals surface area contributed by atoms with Gasteiger partial charge in [0.15, 0.2) is 0 Å². The topological polar surface area (TPSA) is 58.1 Å². The molecule has 0 aliphatic heterocycles. The lowest BCUT2D eigenvalue weighted by molar-refractivity contribution is 0.102. The van der Waals surface area contributed by atoms with Crippen molar-refractivity contribution < 1.29 is 4.79 Å². The molecule has 1 N–H and O–H groups in total. The number of nitrogens with zero attached hydrogens (tertiary/aromatic N) is 3. The van der Waals surface area contributed by atoms with Crippen LogP contribution < -0.4 is 10.2 Å². The summed E-state index contributed by atoms with van der Waals surface area (Å²) in [7, 11) is 0. The average molecular weight is 360 g/mol. The number of benzene rings is 2. The Morgan fingerprint density at radius 1 is 1.07 bits per heavy atom. The van der Waals surface area contributed by atoms with Gasteiger partial charge in [-0.15, -0.1) is 0 Å². The zero-order valence-corrected chi connectivity index (χ0v) is 15.9. The van der Waals surface area contributed by atoms with E-state index >= 15 is 0 Å². The number of amides is 1. The van der Waals surface area contributed by atoms with Crippen molar-refractivity contribution in [3.05, 3.63) is 77.6 Å². The van der Waals surface area contributed by atoms with Crippen LogP contribution in [-0.4, -0.2) is 22.4 Å². The van der Waals surface area contributed by atoms with Crippen LogP contribution in [0.5, 0.6) is 0 Å². The summed E-state index contributed by atoms with van der Waals surface area (Å²) in [4.78, 5) is 23.6. The third kappa shape index (κ3) is 4.31. The molecule has 138 valence electrons. The zero-order valence-electron chi connectivity index (χ0n) is 15.9. The lowest BCUT2D eigenvalue weighted by Crippen LogP contribution is -2.21. The van der Waals surface area contributed by atoms with Crippen molar-refractivity contribution in [2.45, 2.75) is 27.2 Å². The predicted molar refractivity (Wildman–Crippen MR) is 110 cm³/mol. The summed E-state index contributed by atoms with van der Waals surface area (Å²) in [6, 6.07) is 17.6. The van der Waals surface area contributed by atoms with Crippen LogP contribution in [0.25, 0.3) is 0 Å². The van der Waals surface area contributed by atoms with Crippen LogP contribution in [0.1, 0.15) is 35.5 Å². The van der Waals surface area contributed by atoms with Crippen LogP contribution in [-0.2, 0) is 6.42 Å². The number of carbonyl (C=O) groups is 1. The van der Waals surface area contributed by atoms with Gasteiger partial charge in [0.2, 0.25) is 5.95 Å². The van der Waals surface area contributed by atoms with Crippen molar-refractivity contribution in [3.8, 4) is 0 Å². The highest BCUT2D eigenvalue weighted by Gasteiger charge is 2.15. The zero-order chi connectivity index (χ0) is 19.2. The lowest BCUT2D eigenvalue weighted by atomic mass is 10.1. The van der Waals surface area contributed by atoms with E-state index in [0.717, 1.165) is 28.9 Å². The van der Waals surface area contributed by atoms with E-state index in [2.05, 4.69) is 28.3 Å². The third-order valence-electron chi connectivity index (χ3n) is 4.39. The summed E-state index contributed by atoms with van der Waals surface area (Å²) < 4.78 is 0. The number of carbonyl (C=O) groups excluding carboxylic acids is 1. The molecule has 0 aliphatic carbocycles. The first-order valence-electron chi connectivity index (χ1n) is 9.19. The number of aryl methyl sites for hydroxylation is 2. The molecule has 5 heteroatoms. The Labute approximate surface area is 160 Å². The molecule has 0 saturated heterocycles. The third-order valence-corrected chi connectivity index (χ3v) is 4.39. The minimum atomic E-state index is -0.236. The first-order chi connectivity index (χ1) is 13.1. The fourth-order valence-electron chi connectivity index (χ4n) is 2.98. The molecule has 2 aromatic carbocycles. The Kier molecular flexibility index (Phi) is 5.81. The van der Waals surface area contributed by atoms with E-state index in [1.165, 1.54) is 0 Å². The molecule has 1 heterocycles. The van der Waals surface area contributed by atoms with Gasteiger partial charge in [-0.2, -0.15) is 0 Å². The maximum Gasteiger partial charge on any atom is 0.274 e. The molecule has 1 aromatic heterocycles. The molecule has 0 atom stereocenters. The van der Waals surface area contributed by atoms with Crippen LogP contribution in [0.4, 0.5) is 17.3 Å². The molecule has 0 saturated carbocycles. The highest BCUT2D eigenvalue weighted by Crippen LogP contribution is 2.23. The van der Waals surface area contributed by atoms with Gasteiger partial charge in [0.25, 0.3) is 5.91 Å². The van der Waals surface area contributed by atoms with Crippen molar-refractivity contribution in [1.82, 2.24) is 9.97 Å². The number of nitrogens with one attached hydrogen (secondary N) is 1. The molecule has 3 rings (SSSR count). The fourth-order valence-corrected chi connectivity index (χ4v) is 2.98. The van der Waals surface area contributed by atoms with Gasteiger partial charge in [-0.1, -0.05) is 37.3 Å². The van der Waals surface area contributed by atoms with E-state index in [4.69, 9.17) is 0 Å². The Morgan fingerprint density at radius 2 is 1.89 bits per heavy atom. The van der Waals surface area contributed by atoms with Crippen LogP contribution in [0, 0.1) is 6.92 Å². The van der Waals surface area contributed by atoms with Crippen molar-refractivity contribution in [2.75, 3.05) is 16.8 Å². The molecule has 0 fully saturated rings. The van der Waals surface area contributed by atoms with Crippen molar-refractivity contribution >= 4 is 23.2 Å². The molecule has 3 aromatic rings. The van der Waals surface area contributed by atoms with Gasteiger partial charge < -0.3 is 10.2 Å². The van der Waals surface area contributed by atoms with E-state index in [9.17, 15) is 4.79 Å². The Morgan fingerprint density at radius 3 is 2.63 bits per heavy atom. The minimum Gasteiger partial charge on any atom is -0.320 e. The summed E-state index contributed by atoms with van der Waals surface area (Å²) in [6.07, 6.45) is 2.48. The molecule has 0 aliphatic rings. The lowest BCUT2D eigenvalue weighted by Gasteiger charge is -2.21. The summed E-state index contributed by atoms with van der Waals surface area (Å²) >= 11 is 0. The van der Waals surface area contributed by atoms with Crippen LogP contribution in [0.2, 0.25) is 0 Å². The van der Waals surface area contributed by atoms with Crippen LogP contribution in [0.15, 0.2) is 60.8 Å². The van der Waals surface area contributed by atoms with Gasteiger partial charge in [0.1, 0.15) is 5.69 Å². The van der Waals surface area contributed by atoms with E-state index < -0.39 is 0 Å². The molecule has 0 bridgehead atoms. The molecule has 0 radical (unpaired) electrons. The summed E-state index contributed by atoms with van der Waals surface area (Å²) in [5.41, 5.74) is 4.42. The summed E-state index contributed by atoms with van der Waals surface area (Å²) in [6.45, 7) is 6.85. The number of rotatable bonds is 6. The van der Waals surface area contributed by atoms with Gasteiger partial charge in [-0.3, -0.25) is 4.79 Å². The van der Waals surface area contributed by atoms with E-state index in [1.54, 1.807) is 12.3 Å². The Bertz CT molecular complexity index is 939. The number of anilines is 3. The van der Waals surface area contributed by atoms with Gasteiger partial charge in [-0.05, 0) is 55.7 Å². The molecule has 1 amide bonds. The molecule has 0 unspecified atom stereocenters. The van der Waals surface area contributed by atoms with Crippen molar-refractivity contribution in [1.29, 1.82) is 0 Å². The van der Waals surface area contributed by atoms with Crippen molar-refractivity contribution in [2.24, 2.45) is 0 Å². The Hall–Kier alpha value is -3.21. The Balaban J connectivity index is 1.87. The summed E-state index contributed by atoms with van der Waals surface area (Å²) in [5, 5.41) is 2.96. The predicted octanol–water partition coefficient (Wildman–Crippen LogP) is 4.76. The van der Waals surface area contributed by atoms with E-state index in [1.807, 2.05) is 61.2 Å². The normalized spacial score (nSPS) is 10.5. The number of para-hydroxylation sites is 1. The molecular weight excluding hydrogens is 336 g/mol. The number of hydrogen-bond donors (Lipinski definition) is 1. The van der Waals surface area contributed by atoms with Gasteiger partial charge >= 0.3 is 0 Å². The van der Waals surface area contributed by atoms with Gasteiger partial charge in [-0.25, -0.2) is 9.97 Å². The molecule has 5 nitrogen and oxygen atoms in total. The molecule has 0 spiro atoms. The minimum absolute atomic E-state index is 0.236. The standard InChI is InChI=1S/C22H24N4O/c1-4-17-10-6-7-12-19(17)24-21(27)20-13-14-23-22(25-20)26(5-2)18-11-8-9-16(3)15-18/h6-15H,4-5H2,1-3H3,(H,24,27). The smallest absolute Gasteiger partial charge is 0.274 e. The molecular formula is C22H24N4O. The second kappa shape index (κ2) is 8.45. The SMILES string of the molecule is CCc1ccccc1NC(=O)c1ccnc(N(CC)c2cccc(C)c2)n1. The maximum atomic E-state index is 12.7. The maximum absolute atomic E-state index is 12.7. The monoisotopic (exact) mass is 360 g/mol. The van der Waals surface area contributed by atoms with Crippen LogP contribution >= 0.6 is 0 Å². The van der Waals surface area contributed by atoms with Crippen LogP contribution in [0.3, 0.4) is 0 Å². The first-order valence-corrected chi connectivity index (χ1v) is 9.19. The highest BCUT2D eigenvalue weighted by atomic mass is 16.1. The fraction of sp³-hybridized carbons (Fsp3) is 0.227. The number of aromatic nitrogens is 2. The summed E-state index contributed by atoms with van der Waals surface area (Å²) in [5.74, 6) is 0.277. The average Bonchev–Trinajstić information content (AvgIpc) is 2.69. The van der Waals surface area contributed by atoms with Gasteiger partial charge in [0, 0.05) is 24.1 Å². The first kappa shape index (κ1) is 18.6. The molecule has 27 heavy (non-hydrogen) atoms. The van der Waals surface area contributed by atoms with Gasteiger partial charge in [0.05, 0.1) is 0 Å². The highest BCUT2D eigenvalue weighted by molar-refractivity contribution is 6.03. The van der Waals surface area contributed by atoms with E-state index in [-0.39, 0.29) is 5.91 Å².